The average Bonchev–Trinajstić information content (AvgIpc) is 3.10. The van der Waals surface area contributed by atoms with Crippen LogP contribution in [0.25, 0.3) is 21.9 Å². The molecule has 0 saturated carbocycles. The highest BCUT2D eigenvalue weighted by atomic mass is 35.5. The van der Waals surface area contributed by atoms with E-state index in [0.29, 0.717) is 22.2 Å². The van der Waals surface area contributed by atoms with Gasteiger partial charge in [-0.2, -0.15) is 10.0 Å². The SMILES string of the molecule is COc1ccccc1NC(=O)N(c1cc2ccccc2cc1O)N(C(=O)Nc1ccc(-c2ccccc2)cc1)c1ccc(Cl)c(Cl)c1O. The first-order chi connectivity index (χ1) is 23.2. The maximum Gasteiger partial charge on any atom is 0.346 e. The number of phenols is 2. The number of carbonyl (C=O) groups excluding carboxylic acids is 2. The van der Waals surface area contributed by atoms with Crippen molar-refractivity contribution in [3.8, 4) is 28.4 Å². The first-order valence-electron chi connectivity index (χ1n) is 14.6. The van der Waals surface area contributed by atoms with E-state index in [0.717, 1.165) is 21.1 Å². The minimum atomic E-state index is -0.884. The van der Waals surface area contributed by atoms with Crippen LogP contribution in [0.1, 0.15) is 0 Å². The molecule has 0 aromatic heterocycles. The molecule has 0 atom stereocenters. The molecule has 240 valence electrons. The van der Waals surface area contributed by atoms with Crippen LogP contribution in [0.2, 0.25) is 10.0 Å². The quantitative estimate of drug-likeness (QED) is 0.131. The summed E-state index contributed by atoms with van der Waals surface area (Å²) in [4.78, 5) is 28.8. The van der Waals surface area contributed by atoms with Gasteiger partial charge in [0.1, 0.15) is 27.9 Å². The molecule has 6 aromatic carbocycles. The van der Waals surface area contributed by atoms with Crippen molar-refractivity contribution in [2.45, 2.75) is 0 Å². The number of hydrazine groups is 1. The number of aromatic hydroxyl groups is 2. The van der Waals surface area contributed by atoms with Crippen molar-refractivity contribution >= 4 is 68.8 Å². The molecule has 0 fully saturated rings. The van der Waals surface area contributed by atoms with Gasteiger partial charge in [-0.05, 0) is 70.4 Å². The molecule has 0 unspecified atom stereocenters. The number of carbonyl (C=O) groups is 2. The molecular formula is C37H28Cl2N4O5. The van der Waals surface area contributed by atoms with Crippen molar-refractivity contribution in [1.29, 1.82) is 0 Å². The summed E-state index contributed by atoms with van der Waals surface area (Å²) in [5.41, 5.74) is 2.30. The molecule has 0 saturated heterocycles. The summed E-state index contributed by atoms with van der Waals surface area (Å²) in [6.45, 7) is 0. The number of hydrogen-bond donors (Lipinski definition) is 4. The number of urea groups is 2. The van der Waals surface area contributed by atoms with Gasteiger partial charge in [-0.15, -0.1) is 0 Å². The van der Waals surface area contributed by atoms with E-state index in [9.17, 15) is 19.8 Å². The zero-order chi connectivity index (χ0) is 33.8. The largest absolute Gasteiger partial charge is 0.506 e. The van der Waals surface area contributed by atoms with Crippen LogP contribution >= 0.6 is 23.2 Å². The third-order valence-corrected chi connectivity index (χ3v) is 8.32. The van der Waals surface area contributed by atoms with Crippen molar-refractivity contribution in [1.82, 2.24) is 0 Å². The number of para-hydroxylation sites is 2. The van der Waals surface area contributed by atoms with Crippen LogP contribution in [0.5, 0.6) is 17.2 Å². The van der Waals surface area contributed by atoms with E-state index in [4.69, 9.17) is 27.9 Å². The van der Waals surface area contributed by atoms with E-state index in [2.05, 4.69) is 10.6 Å². The molecule has 4 N–H and O–H groups in total. The van der Waals surface area contributed by atoms with Crippen LogP contribution in [0.4, 0.5) is 32.3 Å². The van der Waals surface area contributed by atoms with Gasteiger partial charge in [-0.3, -0.25) is 0 Å². The second-order valence-electron chi connectivity index (χ2n) is 10.5. The van der Waals surface area contributed by atoms with Gasteiger partial charge in [-0.25, -0.2) is 9.59 Å². The van der Waals surface area contributed by atoms with Gasteiger partial charge in [0, 0.05) is 5.69 Å². The zero-order valence-electron chi connectivity index (χ0n) is 25.4. The van der Waals surface area contributed by atoms with Crippen molar-refractivity contribution < 1.29 is 24.5 Å². The fourth-order valence-electron chi connectivity index (χ4n) is 5.17. The van der Waals surface area contributed by atoms with E-state index in [1.165, 1.54) is 25.3 Å². The highest BCUT2D eigenvalue weighted by molar-refractivity contribution is 6.43. The molecule has 9 nitrogen and oxygen atoms in total. The van der Waals surface area contributed by atoms with E-state index < -0.39 is 17.8 Å². The topological polar surface area (TPSA) is 114 Å². The lowest BCUT2D eigenvalue weighted by Gasteiger charge is -2.35. The number of hydrogen-bond acceptors (Lipinski definition) is 5. The van der Waals surface area contributed by atoms with E-state index in [1.54, 1.807) is 60.7 Å². The molecule has 6 aromatic rings. The standard InChI is InChI=1S/C37H28Cl2N4O5/c1-48-33-14-8-7-13-29(33)41-37(47)43(31-21-25-11-5-6-12-26(25)22-32(31)44)42(30-20-19-28(38)34(39)35(30)45)36(46)40-27-17-15-24(16-18-27)23-9-3-2-4-10-23/h2-22,44-45H,1H3,(H,40,46)(H,41,47). The summed E-state index contributed by atoms with van der Waals surface area (Å²) in [5.74, 6) is -0.553. The minimum Gasteiger partial charge on any atom is -0.506 e. The maximum absolute atomic E-state index is 14.4. The van der Waals surface area contributed by atoms with Gasteiger partial charge in [0.2, 0.25) is 0 Å². The van der Waals surface area contributed by atoms with Gasteiger partial charge in [-0.1, -0.05) is 102 Å². The maximum atomic E-state index is 14.4. The van der Waals surface area contributed by atoms with Crippen molar-refractivity contribution in [3.05, 3.63) is 137 Å². The third kappa shape index (κ3) is 6.50. The highest BCUT2D eigenvalue weighted by Crippen LogP contribution is 2.43. The predicted molar refractivity (Wildman–Crippen MR) is 192 cm³/mol. The Hall–Kier alpha value is -5.90. The molecule has 4 amide bonds. The molecule has 11 heteroatoms. The van der Waals surface area contributed by atoms with Crippen LogP contribution in [0.3, 0.4) is 0 Å². The monoisotopic (exact) mass is 678 g/mol. The van der Waals surface area contributed by atoms with Gasteiger partial charge >= 0.3 is 12.1 Å². The lowest BCUT2D eigenvalue weighted by molar-refractivity contribution is 0.248. The molecule has 0 aliphatic heterocycles. The predicted octanol–water partition coefficient (Wildman–Crippen LogP) is 9.93. The number of methoxy groups -OCH3 is 1. The van der Waals surface area contributed by atoms with Crippen LogP contribution < -0.4 is 25.4 Å². The summed E-state index contributed by atoms with van der Waals surface area (Å²) < 4.78 is 5.43. The third-order valence-electron chi connectivity index (χ3n) is 7.52. The molecule has 0 aliphatic carbocycles. The van der Waals surface area contributed by atoms with Crippen LogP contribution in [0, 0.1) is 0 Å². The summed E-state index contributed by atoms with van der Waals surface area (Å²) in [5, 5.41) is 31.1. The normalized spacial score (nSPS) is 10.7. The molecule has 0 aliphatic rings. The lowest BCUT2D eigenvalue weighted by atomic mass is 10.1. The number of phenolic OH excluding ortho intramolecular Hbond substituents is 2. The Morgan fingerprint density at radius 2 is 1.23 bits per heavy atom. The first kappa shape index (κ1) is 32.1. The molecular weight excluding hydrogens is 651 g/mol. The van der Waals surface area contributed by atoms with E-state index >= 15 is 0 Å². The number of fused-ring (bicyclic) bond motifs is 1. The smallest absolute Gasteiger partial charge is 0.346 e. The minimum absolute atomic E-state index is 0.0216. The number of benzene rings is 6. The Bertz CT molecular complexity index is 2130. The second kappa shape index (κ2) is 13.8. The number of ether oxygens (including phenoxy) is 1. The Kier molecular flexibility index (Phi) is 9.24. The number of nitrogens with zero attached hydrogens (tertiary/aromatic N) is 2. The molecule has 0 heterocycles. The summed E-state index contributed by atoms with van der Waals surface area (Å²) in [6, 6.07) is 34.7. The fraction of sp³-hybridized carbons (Fsp3) is 0.0270. The van der Waals surface area contributed by atoms with Crippen molar-refractivity contribution in [2.24, 2.45) is 0 Å². The average molecular weight is 680 g/mol. The first-order valence-corrected chi connectivity index (χ1v) is 15.4. The number of rotatable bonds is 6. The highest BCUT2D eigenvalue weighted by Gasteiger charge is 2.35. The zero-order valence-corrected chi connectivity index (χ0v) is 26.9. The van der Waals surface area contributed by atoms with Crippen molar-refractivity contribution in [2.75, 3.05) is 27.8 Å². The van der Waals surface area contributed by atoms with E-state index in [1.807, 2.05) is 48.5 Å². The number of amides is 4. The van der Waals surface area contributed by atoms with Gasteiger partial charge < -0.3 is 25.6 Å². The Morgan fingerprint density at radius 3 is 1.94 bits per heavy atom. The Labute approximate surface area is 286 Å². The lowest BCUT2D eigenvalue weighted by Crippen LogP contribution is -2.54. The Morgan fingerprint density at radius 1 is 0.646 bits per heavy atom. The summed E-state index contributed by atoms with van der Waals surface area (Å²) in [7, 11) is 1.45. The number of halogens is 2. The summed E-state index contributed by atoms with van der Waals surface area (Å²) >= 11 is 12.5. The van der Waals surface area contributed by atoms with E-state index in [-0.39, 0.29) is 32.9 Å². The van der Waals surface area contributed by atoms with Crippen LogP contribution in [-0.2, 0) is 0 Å². The van der Waals surface area contributed by atoms with Gasteiger partial charge in [0.05, 0.1) is 17.8 Å². The Balaban J connectivity index is 1.49. The fourth-order valence-corrected chi connectivity index (χ4v) is 5.48. The summed E-state index contributed by atoms with van der Waals surface area (Å²) in [6.07, 6.45) is 0. The molecule has 0 bridgehead atoms. The van der Waals surface area contributed by atoms with Crippen LogP contribution in [-0.4, -0.2) is 29.4 Å². The second-order valence-corrected chi connectivity index (χ2v) is 11.3. The molecule has 6 rings (SSSR count). The van der Waals surface area contributed by atoms with Crippen LogP contribution in [0.15, 0.2) is 127 Å². The molecule has 0 radical (unpaired) electrons. The van der Waals surface area contributed by atoms with Crippen molar-refractivity contribution in [3.63, 3.8) is 0 Å². The molecule has 0 spiro atoms. The number of anilines is 4. The van der Waals surface area contributed by atoms with Gasteiger partial charge in [0.25, 0.3) is 0 Å². The number of nitrogens with one attached hydrogen (secondary N) is 2. The van der Waals surface area contributed by atoms with Gasteiger partial charge in [0.15, 0.2) is 5.75 Å². The molecule has 48 heavy (non-hydrogen) atoms.